The lowest BCUT2D eigenvalue weighted by atomic mass is 10.0. The Balaban J connectivity index is 2.15. The van der Waals surface area contributed by atoms with Crippen molar-refractivity contribution < 1.29 is 24.4 Å². The molecule has 0 bridgehead atoms. The highest BCUT2D eigenvalue weighted by Gasteiger charge is 2.24. The van der Waals surface area contributed by atoms with Crippen LogP contribution in [-0.4, -0.2) is 40.9 Å². The fourth-order valence-electron chi connectivity index (χ4n) is 2.75. The summed E-state index contributed by atoms with van der Waals surface area (Å²) < 4.78 is 0. The van der Waals surface area contributed by atoms with E-state index in [0.717, 1.165) is 16.3 Å². The lowest BCUT2D eigenvalue weighted by Crippen LogP contribution is -2.52. The fraction of sp³-hybridized carbons (Fsp3) is 0.300. The third-order valence-corrected chi connectivity index (χ3v) is 4.39. The van der Waals surface area contributed by atoms with Crippen LogP contribution in [0.4, 0.5) is 0 Å². The first-order valence-corrected chi connectivity index (χ1v) is 9.10. The maximum Gasteiger partial charge on any atom is 0.243 e. The van der Waals surface area contributed by atoms with Gasteiger partial charge >= 0.3 is 0 Å². The van der Waals surface area contributed by atoms with E-state index in [1.54, 1.807) is 0 Å². The minimum Gasteiger partial charge on any atom is -0.368 e. The zero-order chi connectivity index (χ0) is 21.4. The van der Waals surface area contributed by atoms with Gasteiger partial charge in [0.15, 0.2) is 0 Å². The molecule has 0 aliphatic carbocycles. The number of hydrogen-bond donors (Lipinski definition) is 5. The minimum atomic E-state index is -0.970. The Labute approximate surface area is 167 Å². The highest BCUT2D eigenvalue weighted by atomic mass is 16.5. The maximum absolute atomic E-state index is 12.6. The fourth-order valence-corrected chi connectivity index (χ4v) is 2.75. The van der Waals surface area contributed by atoms with Crippen LogP contribution in [0.25, 0.3) is 10.8 Å². The van der Waals surface area contributed by atoms with Crippen molar-refractivity contribution in [2.24, 2.45) is 5.73 Å². The number of benzene rings is 2. The van der Waals surface area contributed by atoms with Crippen molar-refractivity contribution in [2.75, 3.05) is 0 Å². The lowest BCUT2D eigenvalue weighted by molar-refractivity contribution is -0.133. The molecule has 9 nitrogen and oxygen atoms in total. The van der Waals surface area contributed by atoms with Gasteiger partial charge in [0.25, 0.3) is 0 Å². The quantitative estimate of drug-likeness (QED) is 0.300. The minimum absolute atomic E-state index is 0.181. The van der Waals surface area contributed by atoms with Gasteiger partial charge in [-0.15, -0.1) is 0 Å². The number of fused-ring (bicyclic) bond motifs is 1. The highest BCUT2D eigenvalue weighted by molar-refractivity contribution is 5.92. The summed E-state index contributed by atoms with van der Waals surface area (Å²) in [6.45, 7) is 1.45. The molecule has 0 heterocycles. The second kappa shape index (κ2) is 10.2. The van der Waals surface area contributed by atoms with E-state index in [9.17, 15) is 19.2 Å². The van der Waals surface area contributed by atoms with Crippen molar-refractivity contribution in [1.29, 1.82) is 0 Å². The molecule has 29 heavy (non-hydrogen) atoms. The maximum atomic E-state index is 12.6. The van der Waals surface area contributed by atoms with Gasteiger partial charge in [0.05, 0.1) is 0 Å². The zero-order valence-electron chi connectivity index (χ0n) is 16.0. The van der Waals surface area contributed by atoms with Crippen LogP contribution in [0, 0.1) is 0 Å². The number of hydroxylamine groups is 1. The summed E-state index contributed by atoms with van der Waals surface area (Å²) in [6, 6.07) is 11.5. The zero-order valence-corrected chi connectivity index (χ0v) is 16.0. The molecule has 2 atom stereocenters. The average molecular weight is 400 g/mol. The van der Waals surface area contributed by atoms with E-state index < -0.39 is 35.7 Å². The number of amides is 4. The third-order valence-electron chi connectivity index (χ3n) is 4.39. The molecule has 2 aromatic rings. The predicted molar refractivity (Wildman–Crippen MR) is 106 cm³/mol. The van der Waals surface area contributed by atoms with Crippen LogP contribution < -0.4 is 21.8 Å². The van der Waals surface area contributed by atoms with Crippen molar-refractivity contribution >= 4 is 34.4 Å². The molecule has 0 aliphatic rings. The van der Waals surface area contributed by atoms with E-state index >= 15 is 0 Å². The van der Waals surface area contributed by atoms with Crippen LogP contribution in [0.5, 0.6) is 0 Å². The molecule has 2 rings (SSSR count). The van der Waals surface area contributed by atoms with Gasteiger partial charge in [-0.25, -0.2) is 5.48 Å². The molecular weight excluding hydrogens is 376 g/mol. The van der Waals surface area contributed by atoms with Crippen LogP contribution in [0.1, 0.15) is 25.3 Å². The summed E-state index contributed by atoms with van der Waals surface area (Å²) in [6.07, 6.45) is -0.260. The first-order valence-electron chi connectivity index (χ1n) is 9.10. The Morgan fingerprint density at radius 1 is 0.966 bits per heavy atom. The largest absolute Gasteiger partial charge is 0.368 e. The van der Waals surface area contributed by atoms with E-state index in [0.29, 0.717) is 0 Å². The molecule has 0 fully saturated rings. The van der Waals surface area contributed by atoms with E-state index in [1.165, 1.54) is 12.4 Å². The van der Waals surface area contributed by atoms with Crippen molar-refractivity contribution in [3.8, 4) is 0 Å². The topological polar surface area (TPSA) is 151 Å². The number of carbonyl (C=O) groups is 4. The molecule has 6 N–H and O–H groups in total. The van der Waals surface area contributed by atoms with Gasteiger partial charge in [0, 0.05) is 19.3 Å². The van der Waals surface area contributed by atoms with E-state index in [4.69, 9.17) is 10.9 Å². The average Bonchev–Trinajstić information content (AvgIpc) is 2.71. The number of hydrogen-bond acceptors (Lipinski definition) is 5. The van der Waals surface area contributed by atoms with Gasteiger partial charge < -0.3 is 16.4 Å². The van der Waals surface area contributed by atoms with E-state index in [-0.39, 0.29) is 19.3 Å². The van der Waals surface area contributed by atoms with Crippen LogP contribution in [0.3, 0.4) is 0 Å². The molecule has 0 spiro atoms. The lowest BCUT2D eigenvalue weighted by Gasteiger charge is -2.20. The van der Waals surface area contributed by atoms with Crippen LogP contribution in [0.2, 0.25) is 0 Å². The van der Waals surface area contributed by atoms with Crippen LogP contribution in [-0.2, 0) is 25.6 Å². The third kappa shape index (κ3) is 6.58. The Morgan fingerprint density at radius 3 is 2.28 bits per heavy atom. The number of nitrogens with two attached hydrogens (primary N) is 1. The first kappa shape index (κ1) is 21.8. The Kier molecular flexibility index (Phi) is 7.67. The predicted octanol–water partition coefficient (Wildman–Crippen LogP) is 0.143. The smallest absolute Gasteiger partial charge is 0.243 e. The molecule has 2 aromatic carbocycles. The Morgan fingerprint density at radius 2 is 1.62 bits per heavy atom. The molecule has 0 aliphatic heterocycles. The number of rotatable bonds is 9. The summed E-state index contributed by atoms with van der Waals surface area (Å²) in [5.74, 6) is -2.52. The standard InChI is InChI=1S/C20H24N4O5/c1-12(19(21)27)22-20(28)16(23-17(25)8-9-18(26)24-29)11-13-6-7-14-4-2-3-5-15(14)10-13/h2-7,10,12,16,29H,8-9,11H2,1H3,(H2,21,27)(H,22,28)(H,23,25)(H,24,26)/t12-,16-/m0/s1. The summed E-state index contributed by atoms with van der Waals surface area (Å²) in [4.78, 5) is 47.1. The SMILES string of the molecule is C[C@H](NC(=O)[C@H](Cc1ccc2ccccc2c1)NC(=O)CCC(=O)NO)C(N)=O. The highest BCUT2D eigenvalue weighted by Crippen LogP contribution is 2.17. The summed E-state index contributed by atoms with van der Waals surface area (Å²) in [7, 11) is 0. The molecule has 0 saturated carbocycles. The second-order valence-corrected chi connectivity index (χ2v) is 6.67. The van der Waals surface area contributed by atoms with Gasteiger partial charge in [-0.3, -0.25) is 24.4 Å². The van der Waals surface area contributed by atoms with Gasteiger partial charge in [0.1, 0.15) is 12.1 Å². The molecule has 0 unspecified atom stereocenters. The van der Waals surface area contributed by atoms with Crippen LogP contribution >= 0.6 is 0 Å². The molecule has 0 aromatic heterocycles. The first-order chi connectivity index (χ1) is 13.8. The summed E-state index contributed by atoms with van der Waals surface area (Å²) in [5, 5.41) is 15.6. The van der Waals surface area contributed by atoms with Gasteiger partial charge in [-0.2, -0.15) is 0 Å². The number of carbonyl (C=O) groups excluding carboxylic acids is 4. The van der Waals surface area contributed by atoms with E-state index in [1.807, 2.05) is 42.5 Å². The van der Waals surface area contributed by atoms with Crippen molar-refractivity contribution in [2.45, 2.75) is 38.3 Å². The number of primary amides is 1. The molecular formula is C20H24N4O5. The van der Waals surface area contributed by atoms with Crippen LogP contribution in [0.15, 0.2) is 42.5 Å². The Bertz CT molecular complexity index is 915. The molecule has 0 saturated heterocycles. The normalized spacial score (nSPS) is 12.6. The second-order valence-electron chi connectivity index (χ2n) is 6.67. The van der Waals surface area contributed by atoms with Crippen molar-refractivity contribution in [3.63, 3.8) is 0 Å². The molecule has 154 valence electrons. The summed E-state index contributed by atoms with van der Waals surface area (Å²) in [5.41, 5.74) is 7.44. The van der Waals surface area contributed by atoms with Crippen molar-refractivity contribution in [3.05, 3.63) is 48.0 Å². The molecule has 4 amide bonds. The van der Waals surface area contributed by atoms with Crippen molar-refractivity contribution in [1.82, 2.24) is 16.1 Å². The monoisotopic (exact) mass is 400 g/mol. The van der Waals surface area contributed by atoms with E-state index in [2.05, 4.69) is 10.6 Å². The molecule has 9 heteroatoms. The molecule has 0 radical (unpaired) electrons. The van der Waals surface area contributed by atoms with Gasteiger partial charge in [-0.05, 0) is 23.3 Å². The summed E-state index contributed by atoms with van der Waals surface area (Å²) >= 11 is 0. The Hall–Kier alpha value is -3.46. The van der Waals surface area contributed by atoms with Gasteiger partial charge in [-0.1, -0.05) is 42.5 Å². The number of nitrogens with one attached hydrogen (secondary N) is 3. The van der Waals surface area contributed by atoms with Gasteiger partial charge in [0.2, 0.25) is 23.6 Å².